The Kier molecular flexibility index (Phi) is 5.71. The second kappa shape index (κ2) is 7.99. The Balaban J connectivity index is 1.66. The maximum Gasteiger partial charge on any atom is 0.262 e. The van der Waals surface area contributed by atoms with Crippen LogP contribution in [0.25, 0.3) is 0 Å². The first-order valence-corrected chi connectivity index (χ1v) is 9.46. The Morgan fingerprint density at radius 2 is 1.88 bits per heavy atom. The summed E-state index contributed by atoms with van der Waals surface area (Å²) in [5.41, 5.74) is 0.758. The monoisotopic (exact) mass is 357 g/mol. The molecule has 6 heteroatoms. The van der Waals surface area contributed by atoms with Gasteiger partial charge in [-0.25, -0.2) is 0 Å². The molecule has 3 amide bonds. The lowest BCUT2D eigenvalue weighted by Crippen LogP contribution is -2.52. The van der Waals surface area contributed by atoms with Crippen LogP contribution >= 0.6 is 0 Å². The van der Waals surface area contributed by atoms with Gasteiger partial charge in [0.2, 0.25) is 5.91 Å². The molecule has 26 heavy (non-hydrogen) atoms. The summed E-state index contributed by atoms with van der Waals surface area (Å²) >= 11 is 0. The highest BCUT2D eigenvalue weighted by molar-refractivity contribution is 6.22. The third kappa shape index (κ3) is 3.65. The fraction of sp³-hybridized carbons (Fsp3) is 0.550. The van der Waals surface area contributed by atoms with Gasteiger partial charge in [-0.1, -0.05) is 26.0 Å². The summed E-state index contributed by atoms with van der Waals surface area (Å²) in [5, 5.41) is 6.31. The number of hydrogen-bond acceptors (Lipinski definition) is 4. The van der Waals surface area contributed by atoms with Crippen LogP contribution in [-0.4, -0.2) is 48.3 Å². The second-order valence-corrected chi connectivity index (χ2v) is 7.51. The predicted octanol–water partition coefficient (Wildman–Crippen LogP) is 1.81. The number of amides is 3. The molecule has 140 valence electrons. The molecule has 2 N–H and O–H groups in total. The number of carbonyl (C=O) groups is 3. The fourth-order valence-electron chi connectivity index (χ4n) is 3.85. The zero-order valence-electron chi connectivity index (χ0n) is 15.5. The number of piperidine rings is 1. The van der Waals surface area contributed by atoms with Crippen LogP contribution in [-0.2, 0) is 4.79 Å². The third-order valence-electron chi connectivity index (χ3n) is 5.25. The quantitative estimate of drug-likeness (QED) is 0.761. The van der Waals surface area contributed by atoms with E-state index in [2.05, 4.69) is 10.6 Å². The van der Waals surface area contributed by atoms with Gasteiger partial charge in [0.1, 0.15) is 6.04 Å². The number of carbonyl (C=O) groups excluding carboxylic acids is 3. The molecule has 0 bridgehead atoms. The molecular formula is C20H27N3O3. The van der Waals surface area contributed by atoms with Crippen molar-refractivity contribution in [2.45, 2.75) is 39.2 Å². The Bertz CT molecular complexity index is 660. The molecule has 0 saturated carbocycles. The lowest BCUT2D eigenvalue weighted by molar-refractivity contribution is -0.126. The van der Waals surface area contributed by atoms with E-state index in [0.29, 0.717) is 23.6 Å². The maximum atomic E-state index is 12.8. The van der Waals surface area contributed by atoms with Crippen molar-refractivity contribution in [3.63, 3.8) is 0 Å². The van der Waals surface area contributed by atoms with E-state index in [4.69, 9.17) is 0 Å². The summed E-state index contributed by atoms with van der Waals surface area (Å²) in [7, 11) is 0. The number of fused-ring (bicyclic) bond motifs is 1. The van der Waals surface area contributed by atoms with Crippen LogP contribution in [0.15, 0.2) is 24.3 Å². The predicted molar refractivity (Wildman–Crippen MR) is 98.8 cm³/mol. The van der Waals surface area contributed by atoms with Gasteiger partial charge in [0, 0.05) is 6.54 Å². The van der Waals surface area contributed by atoms with Gasteiger partial charge in [-0.2, -0.15) is 0 Å². The topological polar surface area (TPSA) is 78.5 Å². The van der Waals surface area contributed by atoms with E-state index in [1.807, 2.05) is 13.8 Å². The minimum absolute atomic E-state index is 0.159. The van der Waals surface area contributed by atoms with Crippen molar-refractivity contribution in [3.05, 3.63) is 35.4 Å². The average Bonchev–Trinajstić information content (AvgIpc) is 2.88. The van der Waals surface area contributed by atoms with Crippen molar-refractivity contribution < 1.29 is 14.4 Å². The summed E-state index contributed by atoms with van der Waals surface area (Å²) in [6.45, 7) is 6.34. The van der Waals surface area contributed by atoms with Gasteiger partial charge in [-0.05, 0) is 56.3 Å². The van der Waals surface area contributed by atoms with Crippen LogP contribution < -0.4 is 10.6 Å². The highest BCUT2D eigenvalue weighted by Crippen LogP contribution is 2.27. The van der Waals surface area contributed by atoms with E-state index in [1.54, 1.807) is 24.3 Å². The smallest absolute Gasteiger partial charge is 0.262 e. The molecule has 1 saturated heterocycles. The van der Waals surface area contributed by atoms with Crippen molar-refractivity contribution in [1.29, 1.82) is 0 Å². The molecule has 2 atom stereocenters. The van der Waals surface area contributed by atoms with E-state index in [0.717, 1.165) is 24.4 Å². The van der Waals surface area contributed by atoms with Gasteiger partial charge in [-0.3, -0.25) is 19.3 Å². The van der Waals surface area contributed by atoms with Crippen molar-refractivity contribution in [2.75, 3.05) is 19.6 Å². The molecule has 0 radical (unpaired) electrons. The van der Waals surface area contributed by atoms with E-state index >= 15 is 0 Å². The molecule has 0 aliphatic carbocycles. The van der Waals surface area contributed by atoms with Crippen LogP contribution in [0.2, 0.25) is 0 Å². The van der Waals surface area contributed by atoms with Gasteiger partial charge >= 0.3 is 0 Å². The van der Waals surface area contributed by atoms with E-state index in [-0.39, 0.29) is 23.6 Å². The van der Waals surface area contributed by atoms with Gasteiger partial charge in [0.25, 0.3) is 11.8 Å². The summed E-state index contributed by atoms with van der Waals surface area (Å²) in [5.74, 6) is -0.598. The van der Waals surface area contributed by atoms with E-state index in [1.165, 1.54) is 12.8 Å². The van der Waals surface area contributed by atoms with E-state index in [9.17, 15) is 14.4 Å². The first-order valence-electron chi connectivity index (χ1n) is 9.46. The van der Waals surface area contributed by atoms with E-state index < -0.39 is 6.04 Å². The fourth-order valence-corrected chi connectivity index (χ4v) is 3.85. The summed E-state index contributed by atoms with van der Waals surface area (Å²) in [6, 6.07) is 5.96. The molecule has 3 rings (SSSR count). The van der Waals surface area contributed by atoms with Crippen LogP contribution in [0.3, 0.4) is 0 Å². The van der Waals surface area contributed by atoms with Gasteiger partial charge in [0.15, 0.2) is 0 Å². The van der Waals surface area contributed by atoms with Crippen LogP contribution in [0.5, 0.6) is 0 Å². The third-order valence-corrected chi connectivity index (χ3v) is 5.25. The molecule has 1 aromatic rings. The molecule has 1 aromatic carbocycles. The van der Waals surface area contributed by atoms with Crippen molar-refractivity contribution in [1.82, 2.24) is 15.5 Å². The standard InChI is InChI=1S/C20H27N3O3/c1-13(2)17(18(24)22-11-9-14-6-5-10-21-12-14)23-19(25)15-7-3-4-8-16(15)20(23)26/h3-4,7-8,13-14,17,21H,5-6,9-12H2,1-2H3,(H,22,24). The highest BCUT2D eigenvalue weighted by Gasteiger charge is 2.43. The Hall–Kier alpha value is -2.21. The number of nitrogens with one attached hydrogen (secondary N) is 2. The summed E-state index contributed by atoms with van der Waals surface area (Å²) in [6.07, 6.45) is 3.25. The lowest BCUT2D eigenvalue weighted by atomic mass is 9.96. The number of nitrogens with zero attached hydrogens (tertiary/aromatic N) is 1. The first-order chi connectivity index (χ1) is 12.5. The molecule has 6 nitrogen and oxygen atoms in total. The summed E-state index contributed by atoms with van der Waals surface area (Å²) < 4.78 is 0. The van der Waals surface area contributed by atoms with Gasteiger partial charge < -0.3 is 10.6 Å². The lowest BCUT2D eigenvalue weighted by Gasteiger charge is -2.29. The Labute approximate surface area is 154 Å². The zero-order chi connectivity index (χ0) is 18.7. The molecular weight excluding hydrogens is 330 g/mol. The maximum absolute atomic E-state index is 12.8. The molecule has 1 fully saturated rings. The zero-order valence-corrected chi connectivity index (χ0v) is 15.5. The highest BCUT2D eigenvalue weighted by atomic mass is 16.2. The average molecular weight is 357 g/mol. The normalized spacial score (nSPS) is 21.0. The Morgan fingerprint density at radius 3 is 2.42 bits per heavy atom. The molecule has 2 heterocycles. The van der Waals surface area contributed by atoms with Crippen molar-refractivity contribution in [3.8, 4) is 0 Å². The largest absolute Gasteiger partial charge is 0.354 e. The van der Waals surface area contributed by atoms with Crippen molar-refractivity contribution in [2.24, 2.45) is 11.8 Å². The molecule has 0 aromatic heterocycles. The minimum atomic E-state index is -0.785. The molecule has 2 aliphatic rings. The summed E-state index contributed by atoms with van der Waals surface area (Å²) in [4.78, 5) is 39.3. The van der Waals surface area contributed by atoms with Crippen molar-refractivity contribution >= 4 is 17.7 Å². The SMILES string of the molecule is CC(C)C(C(=O)NCCC1CCCNC1)N1C(=O)c2ccccc2C1=O. The molecule has 2 aliphatic heterocycles. The second-order valence-electron chi connectivity index (χ2n) is 7.51. The number of benzene rings is 1. The number of imide groups is 1. The van der Waals surface area contributed by atoms with Gasteiger partial charge in [0.05, 0.1) is 11.1 Å². The van der Waals surface area contributed by atoms with Crippen LogP contribution in [0.1, 0.15) is 53.8 Å². The van der Waals surface area contributed by atoms with Crippen LogP contribution in [0, 0.1) is 11.8 Å². The number of rotatable bonds is 6. The Morgan fingerprint density at radius 1 is 1.23 bits per heavy atom. The van der Waals surface area contributed by atoms with Gasteiger partial charge in [-0.15, -0.1) is 0 Å². The molecule has 2 unspecified atom stereocenters. The van der Waals surface area contributed by atoms with Crippen LogP contribution in [0.4, 0.5) is 0 Å². The number of hydrogen-bond donors (Lipinski definition) is 2. The first kappa shape index (κ1) is 18.6. The minimum Gasteiger partial charge on any atom is -0.354 e. The molecule has 0 spiro atoms.